The molecule has 1 aliphatic heterocycles. The van der Waals surface area contributed by atoms with E-state index in [0.717, 1.165) is 25.9 Å². The first kappa shape index (κ1) is 15.5. The fourth-order valence-electron chi connectivity index (χ4n) is 2.30. The average Bonchev–Trinajstić information content (AvgIpc) is 2.48. The van der Waals surface area contributed by atoms with Crippen LogP contribution in [0.5, 0.6) is 0 Å². The van der Waals surface area contributed by atoms with E-state index in [9.17, 15) is 9.59 Å². The Morgan fingerprint density at radius 1 is 1.29 bits per heavy atom. The second kappa shape index (κ2) is 7.75. The molecule has 2 rings (SSSR count). The van der Waals surface area contributed by atoms with E-state index in [1.807, 2.05) is 0 Å². The molecule has 2 amide bonds. The number of rotatable bonds is 6. The lowest BCUT2D eigenvalue weighted by Gasteiger charge is -2.22. The van der Waals surface area contributed by atoms with E-state index in [1.54, 1.807) is 24.3 Å². The number of hydrogen-bond acceptors (Lipinski definition) is 4. The first-order valence-electron chi connectivity index (χ1n) is 7.18. The molecule has 0 saturated carbocycles. The zero-order valence-corrected chi connectivity index (χ0v) is 11.9. The van der Waals surface area contributed by atoms with Crippen molar-refractivity contribution in [1.82, 2.24) is 5.32 Å². The Morgan fingerprint density at radius 2 is 2.00 bits per heavy atom. The molecule has 0 spiro atoms. The van der Waals surface area contributed by atoms with E-state index in [4.69, 9.17) is 10.5 Å². The Balaban J connectivity index is 1.78. The van der Waals surface area contributed by atoms with Crippen LogP contribution in [0.25, 0.3) is 0 Å². The molecular weight excluding hydrogens is 270 g/mol. The number of primary amides is 1. The molecule has 21 heavy (non-hydrogen) atoms. The molecule has 6 heteroatoms. The SMILES string of the molecule is NC(=O)c1ccccc1NC(=O)CCOC1CCNCC1. The summed E-state index contributed by atoms with van der Waals surface area (Å²) in [6.45, 7) is 2.31. The minimum Gasteiger partial charge on any atom is -0.378 e. The maximum atomic E-state index is 11.9. The van der Waals surface area contributed by atoms with E-state index in [0.29, 0.717) is 17.9 Å². The third-order valence-electron chi connectivity index (χ3n) is 3.44. The van der Waals surface area contributed by atoms with Crippen molar-refractivity contribution in [3.8, 4) is 0 Å². The topological polar surface area (TPSA) is 93.5 Å². The van der Waals surface area contributed by atoms with Gasteiger partial charge in [-0.25, -0.2) is 0 Å². The fraction of sp³-hybridized carbons (Fsp3) is 0.467. The third-order valence-corrected chi connectivity index (χ3v) is 3.44. The monoisotopic (exact) mass is 291 g/mol. The maximum absolute atomic E-state index is 11.9. The molecule has 1 aromatic rings. The largest absolute Gasteiger partial charge is 0.378 e. The van der Waals surface area contributed by atoms with Crippen LogP contribution >= 0.6 is 0 Å². The van der Waals surface area contributed by atoms with Gasteiger partial charge in [-0.2, -0.15) is 0 Å². The van der Waals surface area contributed by atoms with Crippen molar-refractivity contribution in [3.63, 3.8) is 0 Å². The van der Waals surface area contributed by atoms with Gasteiger partial charge in [0.25, 0.3) is 5.91 Å². The van der Waals surface area contributed by atoms with Gasteiger partial charge in [-0.3, -0.25) is 9.59 Å². The standard InChI is InChI=1S/C15H21N3O3/c16-15(20)12-3-1-2-4-13(12)18-14(19)7-10-21-11-5-8-17-9-6-11/h1-4,11,17H,5-10H2,(H2,16,20)(H,18,19). The minimum atomic E-state index is -0.558. The van der Waals surface area contributed by atoms with Gasteiger partial charge in [0.2, 0.25) is 5.91 Å². The van der Waals surface area contributed by atoms with Gasteiger partial charge in [-0.05, 0) is 38.1 Å². The van der Waals surface area contributed by atoms with Crippen molar-refractivity contribution in [1.29, 1.82) is 0 Å². The molecule has 1 saturated heterocycles. The van der Waals surface area contributed by atoms with Crippen LogP contribution in [0.2, 0.25) is 0 Å². The Kier molecular flexibility index (Phi) is 5.71. The summed E-state index contributed by atoms with van der Waals surface area (Å²) >= 11 is 0. The third kappa shape index (κ3) is 4.84. The van der Waals surface area contributed by atoms with E-state index in [2.05, 4.69) is 10.6 Å². The first-order chi connectivity index (χ1) is 10.2. The zero-order chi connectivity index (χ0) is 15.1. The summed E-state index contributed by atoms with van der Waals surface area (Å²) in [6, 6.07) is 6.69. The Labute approximate surface area is 124 Å². The summed E-state index contributed by atoms with van der Waals surface area (Å²) in [5.41, 5.74) is 6.02. The molecule has 4 N–H and O–H groups in total. The van der Waals surface area contributed by atoms with Crippen molar-refractivity contribution >= 4 is 17.5 Å². The Hall–Kier alpha value is -1.92. The van der Waals surface area contributed by atoms with E-state index < -0.39 is 5.91 Å². The predicted octanol–water partition coefficient (Wildman–Crippen LogP) is 0.883. The van der Waals surface area contributed by atoms with Crippen LogP contribution in [0.4, 0.5) is 5.69 Å². The molecule has 0 bridgehead atoms. The molecule has 0 unspecified atom stereocenters. The van der Waals surface area contributed by atoms with Crippen LogP contribution in [0.1, 0.15) is 29.6 Å². The number of amides is 2. The molecule has 1 aromatic carbocycles. The van der Waals surface area contributed by atoms with Crippen LogP contribution in [0.3, 0.4) is 0 Å². The van der Waals surface area contributed by atoms with Crippen LogP contribution in [-0.2, 0) is 9.53 Å². The smallest absolute Gasteiger partial charge is 0.250 e. The molecular formula is C15H21N3O3. The quantitative estimate of drug-likeness (QED) is 0.725. The maximum Gasteiger partial charge on any atom is 0.250 e. The van der Waals surface area contributed by atoms with Crippen molar-refractivity contribution in [2.75, 3.05) is 25.0 Å². The number of carbonyl (C=O) groups is 2. The summed E-state index contributed by atoms with van der Waals surface area (Å²) in [6.07, 6.45) is 2.45. The average molecular weight is 291 g/mol. The molecule has 114 valence electrons. The number of ether oxygens (including phenoxy) is 1. The summed E-state index contributed by atoms with van der Waals surface area (Å²) in [5.74, 6) is -0.741. The zero-order valence-electron chi connectivity index (χ0n) is 11.9. The predicted molar refractivity (Wildman–Crippen MR) is 80.1 cm³/mol. The highest BCUT2D eigenvalue weighted by molar-refractivity contribution is 6.02. The highest BCUT2D eigenvalue weighted by Crippen LogP contribution is 2.14. The van der Waals surface area contributed by atoms with Crippen molar-refractivity contribution in [2.24, 2.45) is 5.73 Å². The molecule has 1 fully saturated rings. The van der Waals surface area contributed by atoms with Gasteiger partial charge in [0.1, 0.15) is 0 Å². The molecule has 1 heterocycles. The lowest BCUT2D eigenvalue weighted by molar-refractivity contribution is -0.117. The van der Waals surface area contributed by atoms with Crippen LogP contribution in [0.15, 0.2) is 24.3 Å². The molecule has 1 aliphatic rings. The minimum absolute atomic E-state index is 0.183. The number of nitrogens with one attached hydrogen (secondary N) is 2. The van der Waals surface area contributed by atoms with E-state index >= 15 is 0 Å². The normalized spacial score (nSPS) is 15.6. The molecule has 6 nitrogen and oxygen atoms in total. The number of benzene rings is 1. The number of anilines is 1. The second-order valence-corrected chi connectivity index (χ2v) is 5.03. The van der Waals surface area contributed by atoms with E-state index in [1.165, 1.54) is 0 Å². The van der Waals surface area contributed by atoms with Crippen LogP contribution in [0, 0.1) is 0 Å². The van der Waals surface area contributed by atoms with Gasteiger partial charge in [-0.1, -0.05) is 12.1 Å². The lowest BCUT2D eigenvalue weighted by Crippen LogP contribution is -2.33. The molecule has 0 atom stereocenters. The molecule has 0 aromatic heterocycles. The van der Waals surface area contributed by atoms with Crippen LogP contribution < -0.4 is 16.4 Å². The van der Waals surface area contributed by atoms with Gasteiger partial charge in [0.05, 0.1) is 30.4 Å². The summed E-state index contributed by atoms with van der Waals surface area (Å²) in [4.78, 5) is 23.1. The number of carbonyl (C=O) groups excluding carboxylic acids is 2. The van der Waals surface area contributed by atoms with E-state index in [-0.39, 0.29) is 18.4 Å². The van der Waals surface area contributed by atoms with Gasteiger partial charge < -0.3 is 21.1 Å². The second-order valence-electron chi connectivity index (χ2n) is 5.03. The van der Waals surface area contributed by atoms with Crippen LogP contribution in [-0.4, -0.2) is 37.6 Å². The molecule has 0 radical (unpaired) electrons. The van der Waals surface area contributed by atoms with Gasteiger partial charge >= 0.3 is 0 Å². The number of nitrogens with two attached hydrogens (primary N) is 1. The fourth-order valence-corrected chi connectivity index (χ4v) is 2.30. The number of para-hydroxylation sites is 1. The lowest BCUT2D eigenvalue weighted by atomic mass is 10.1. The first-order valence-corrected chi connectivity index (χ1v) is 7.18. The van der Waals surface area contributed by atoms with Gasteiger partial charge in [0.15, 0.2) is 0 Å². The number of hydrogen-bond donors (Lipinski definition) is 3. The molecule has 0 aliphatic carbocycles. The number of piperidine rings is 1. The van der Waals surface area contributed by atoms with Gasteiger partial charge in [0, 0.05) is 0 Å². The Morgan fingerprint density at radius 3 is 2.71 bits per heavy atom. The van der Waals surface area contributed by atoms with Crippen molar-refractivity contribution < 1.29 is 14.3 Å². The van der Waals surface area contributed by atoms with Gasteiger partial charge in [-0.15, -0.1) is 0 Å². The van der Waals surface area contributed by atoms with Crippen molar-refractivity contribution in [3.05, 3.63) is 29.8 Å². The Bertz CT molecular complexity index is 499. The van der Waals surface area contributed by atoms with Crippen molar-refractivity contribution in [2.45, 2.75) is 25.4 Å². The highest BCUT2D eigenvalue weighted by atomic mass is 16.5. The highest BCUT2D eigenvalue weighted by Gasteiger charge is 2.14. The summed E-state index contributed by atoms with van der Waals surface area (Å²) in [7, 11) is 0. The summed E-state index contributed by atoms with van der Waals surface area (Å²) in [5, 5.41) is 5.96. The summed E-state index contributed by atoms with van der Waals surface area (Å²) < 4.78 is 5.68.